The van der Waals surface area contributed by atoms with Crippen LogP contribution in [0, 0.1) is 6.92 Å². The number of H-pyrrole nitrogens is 1. The van der Waals surface area contributed by atoms with Crippen LogP contribution in [-0.2, 0) is 0 Å². The van der Waals surface area contributed by atoms with Crippen LogP contribution in [0.15, 0.2) is 23.6 Å². The standard InChI is InChI=1S/C8H12N4/c1-3-4-10-8(9)7-6(2)11-5-12-7/h3-5H,1-2H3,(H2,9,10)(H,11,12). The Morgan fingerprint density at radius 1 is 1.75 bits per heavy atom. The number of allylic oxidation sites excluding steroid dienone is 1. The minimum Gasteiger partial charge on any atom is -0.382 e. The molecule has 0 saturated carbocycles. The van der Waals surface area contributed by atoms with Crippen LogP contribution in [0.2, 0.25) is 0 Å². The molecule has 0 aliphatic heterocycles. The molecule has 0 saturated heterocycles. The number of aliphatic imine (C=N–C) groups is 1. The number of hydrogen-bond donors (Lipinski definition) is 2. The van der Waals surface area contributed by atoms with Gasteiger partial charge in [-0.25, -0.2) is 9.98 Å². The zero-order valence-corrected chi connectivity index (χ0v) is 7.20. The highest BCUT2D eigenvalue weighted by Gasteiger charge is 2.03. The normalized spacial score (nSPS) is 12.7. The molecule has 4 nitrogen and oxygen atoms in total. The molecule has 1 rings (SSSR count). The fourth-order valence-corrected chi connectivity index (χ4v) is 0.833. The van der Waals surface area contributed by atoms with Crippen molar-refractivity contribution in [3.63, 3.8) is 0 Å². The molecule has 0 aliphatic rings. The lowest BCUT2D eigenvalue weighted by molar-refractivity contribution is 1.25. The zero-order chi connectivity index (χ0) is 8.97. The molecule has 0 unspecified atom stereocenters. The van der Waals surface area contributed by atoms with Gasteiger partial charge >= 0.3 is 0 Å². The zero-order valence-electron chi connectivity index (χ0n) is 7.20. The van der Waals surface area contributed by atoms with Gasteiger partial charge in [0.1, 0.15) is 5.69 Å². The third kappa shape index (κ3) is 1.72. The lowest BCUT2D eigenvalue weighted by Gasteiger charge is -1.94. The van der Waals surface area contributed by atoms with Gasteiger partial charge in [-0.2, -0.15) is 0 Å². The Morgan fingerprint density at radius 2 is 2.50 bits per heavy atom. The van der Waals surface area contributed by atoms with Crippen molar-refractivity contribution in [2.75, 3.05) is 0 Å². The number of nitrogens with two attached hydrogens (primary N) is 1. The Bertz CT molecular complexity index is 309. The van der Waals surface area contributed by atoms with Crippen molar-refractivity contribution in [1.29, 1.82) is 0 Å². The fourth-order valence-electron chi connectivity index (χ4n) is 0.833. The van der Waals surface area contributed by atoms with Gasteiger partial charge in [0.15, 0.2) is 5.84 Å². The molecule has 0 spiro atoms. The van der Waals surface area contributed by atoms with Crippen molar-refractivity contribution in [2.45, 2.75) is 13.8 Å². The summed E-state index contributed by atoms with van der Waals surface area (Å²) in [6.07, 6.45) is 5.06. The van der Waals surface area contributed by atoms with Gasteiger partial charge in [0, 0.05) is 11.9 Å². The summed E-state index contributed by atoms with van der Waals surface area (Å²) < 4.78 is 0. The average molecular weight is 164 g/mol. The molecule has 3 N–H and O–H groups in total. The predicted molar refractivity (Wildman–Crippen MR) is 48.9 cm³/mol. The smallest absolute Gasteiger partial charge is 0.151 e. The summed E-state index contributed by atoms with van der Waals surface area (Å²) >= 11 is 0. The molecule has 1 aromatic rings. The molecule has 64 valence electrons. The van der Waals surface area contributed by atoms with Crippen LogP contribution in [-0.4, -0.2) is 15.8 Å². The van der Waals surface area contributed by atoms with Crippen LogP contribution in [0.4, 0.5) is 0 Å². The highest BCUT2D eigenvalue weighted by Crippen LogP contribution is 1.99. The van der Waals surface area contributed by atoms with Crippen LogP contribution in [0.1, 0.15) is 18.3 Å². The summed E-state index contributed by atoms with van der Waals surface area (Å²) in [5.41, 5.74) is 7.29. The third-order valence-electron chi connectivity index (χ3n) is 1.44. The van der Waals surface area contributed by atoms with Gasteiger partial charge in [-0.3, -0.25) is 0 Å². The molecular weight excluding hydrogens is 152 g/mol. The average Bonchev–Trinajstić information content (AvgIpc) is 2.47. The van der Waals surface area contributed by atoms with Crippen molar-refractivity contribution < 1.29 is 0 Å². The SMILES string of the molecule is CC=C/N=C(/N)c1nc[nH]c1C. The van der Waals surface area contributed by atoms with E-state index in [4.69, 9.17) is 5.73 Å². The van der Waals surface area contributed by atoms with Crippen molar-refractivity contribution in [3.8, 4) is 0 Å². The largest absolute Gasteiger partial charge is 0.382 e. The van der Waals surface area contributed by atoms with E-state index < -0.39 is 0 Å². The van der Waals surface area contributed by atoms with Crippen LogP contribution in [0.5, 0.6) is 0 Å². The molecule has 12 heavy (non-hydrogen) atoms. The first kappa shape index (κ1) is 8.52. The number of aromatic amines is 1. The number of rotatable bonds is 2. The first-order chi connectivity index (χ1) is 5.75. The Hall–Kier alpha value is -1.58. The second-order valence-electron chi connectivity index (χ2n) is 2.37. The number of amidine groups is 1. The summed E-state index contributed by atoms with van der Waals surface area (Å²) in [5, 5.41) is 0. The highest BCUT2D eigenvalue weighted by molar-refractivity contribution is 5.96. The summed E-state index contributed by atoms with van der Waals surface area (Å²) in [5.74, 6) is 0.437. The number of nitrogens with zero attached hydrogens (tertiary/aromatic N) is 2. The van der Waals surface area contributed by atoms with E-state index in [0.717, 1.165) is 5.69 Å². The molecule has 1 heterocycles. The van der Waals surface area contributed by atoms with E-state index in [-0.39, 0.29) is 0 Å². The van der Waals surface area contributed by atoms with Gasteiger partial charge in [-0.05, 0) is 13.8 Å². The van der Waals surface area contributed by atoms with Crippen LogP contribution < -0.4 is 5.73 Å². The van der Waals surface area contributed by atoms with Crippen molar-refractivity contribution >= 4 is 5.84 Å². The fraction of sp³-hybridized carbons (Fsp3) is 0.250. The van der Waals surface area contributed by atoms with Crippen LogP contribution >= 0.6 is 0 Å². The van der Waals surface area contributed by atoms with Gasteiger partial charge in [0.05, 0.1) is 6.33 Å². The van der Waals surface area contributed by atoms with Gasteiger partial charge in [-0.1, -0.05) is 6.08 Å². The van der Waals surface area contributed by atoms with E-state index in [1.54, 1.807) is 12.5 Å². The maximum atomic E-state index is 5.64. The highest BCUT2D eigenvalue weighted by atomic mass is 14.9. The molecule has 0 amide bonds. The first-order valence-electron chi connectivity index (χ1n) is 3.70. The lowest BCUT2D eigenvalue weighted by Crippen LogP contribution is -2.14. The topological polar surface area (TPSA) is 67.1 Å². The summed E-state index contributed by atoms with van der Waals surface area (Å²) in [7, 11) is 0. The van der Waals surface area contributed by atoms with E-state index in [1.807, 2.05) is 19.9 Å². The van der Waals surface area contributed by atoms with Crippen molar-refractivity contribution in [1.82, 2.24) is 9.97 Å². The van der Waals surface area contributed by atoms with E-state index >= 15 is 0 Å². The van der Waals surface area contributed by atoms with E-state index in [2.05, 4.69) is 15.0 Å². The van der Waals surface area contributed by atoms with Crippen molar-refractivity contribution in [3.05, 3.63) is 30.0 Å². The number of imidazole rings is 1. The monoisotopic (exact) mass is 164 g/mol. The van der Waals surface area contributed by atoms with Crippen LogP contribution in [0.25, 0.3) is 0 Å². The quantitative estimate of drug-likeness (QED) is 0.505. The minimum atomic E-state index is 0.437. The maximum Gasteiger partial charge on any atom is 0.151 e. The Kier molecular flexibility index (Phi) is 2.63. The number of aromatic nitrogens is 2. The third-order valence-corrected chi connectivity index (χ3v) is 1.44. The van der Waals surface area contributed by atoms with Gasteiger partial charge < -0.3 is 10.7 Å². The predicted octanol–water partition coefficient (Wildman–Crippen LogP) is 0.957. The molecule has 0 aliphatic carbocycles. The Balaban J connectivity index is 2.91. The van der Waals surface area contributed by atoms with Gasteiger partial charge in [-0.15, -0.1) is 0 Å². The Morgan fingerprint density at radius 3 is 3.00 bits per heavy atom. The van der Waals surface area contributed by atoms with Crippen LogP contribution in [0.3, 0.4) is 0 Å². The molecule has 0 atom stereocenters. The molecule has 0 fully saturated rings. The molecule has 1 aromatic heterocycles. The second kappa shape index (κ2) is 3.71. The summed E-state index contributed by atoms with van der Waals surface area (Å²) in [6.45, 7) is 3.79. The lowest BCUT2D eigenvalue weighted by atomic mass is 10.3. The number of aryl methyl sites for hydroxylation is 1. The van der Waals surface area contributed by atoms with Gasteiger partial charge in [0.2, 0.25) is 0 Å². The molecule has 0 aromatic carbocycles. The Labute approximate surface area is 71.2 Å². The maximum absolute atomic E-state index is 5.64. The minimum absolute atomic E-state index is 0.437. The van der Waals surface area contributed by atoms with E-state index in [1.165, 1.54) is 0 Å². The molecular formula is C8H12N4. The molecule has 4 heteroatoms. The van der Waals surface area contributed by atoms with E-state index in [9.17, 15) is 0 Å². The summed E-state index contributed by atoms with van der Waals surface area (Å²) in [4.78, 5) is 10.9. The summed E-state index contributed by atoms with van der Waals surface area (Å²) in [6, 6.07) is 0. The van der Waals surface area contributed by atoms with Crippen molar-refractivity contribution in [2.24, 2.45) is 10.7 Å². The number of nitrogens with one attached hydrogen (secondary N) is 1. The van der Waals surface area contributed by atoms with E-state index in [0.29, 0.717) is 11.5 Å². The number of hydrogen-bond acceptors (Lipinski definition) is 2. The van der Waals surface area contributed by atoms with Gasteiger partial charge in [0.25, 0.3) is 0 Å². The molecule has 0 radical (unpaired) electrons. The first-order valence-corrected chi connectivity index (χ1v) is 3.70. The molecule has 0 bridgehead atoms. The second-order valence-corrected chi connectivity index (χ2v) is 2.37.